The van der Waals surface area contributed by atoms with E-state index in [2.05, 4.69) is 22.2 Å². The van der Waals surface area contributed by atoms with Crippen LogP contribution in [0.15, 0.2) is 5.38 Å². The van der Waals surface area contributed by atoms with Crippen LogP contribution in [0, 0.1) is 5.92 Å². The van der Waals surface area contributed by atoms with Gasteiger partial charge in [0.1, 0.15) is 0 Å². The van der Waals surface area contributed by atoms with Crippen LogP contribution in [0.1, 0.15) is 35.3 Å². The molecule has 94 valence electrons. The summed E-state index contributed by atoms with van der Waals surface area (Å²) in [7, 11) is 0. The van der Waals surface area contributed by atoms with Gasteiger partial charge in [-0.25, -0.2) is 10.8 Å². The molecule has 2 rings (SSSR count). The van der Waals surface area contributed by atoms with Crippen LogP contribution in [0.3, 0.4) is 0 Å². The summed E-state index contributed by atoms with van der Waals surface area (Å²) in [5.41, 5.74) is 3.05. The number of nitrogens with two attached hydrogens (primary N) is 1. The van der Waals surface area contributed by atoms with Crippen molar-refractivity contribution in [1.29, 1.82) is 0 Å². The van der Waals surface area contributed by atoms with Gasteiger partial charge >= 0.3 is 0 Å². The first-order valence-corrected chi connectivity index (χ1v) is 6.78. The summed E-state index contributed by atoms with van der Waals surface area (Å²) in [4.78, 5) is 17.9. The van der Waals surface area contributed by atoms with E-state index in [1.54, 1.807) is 0 Å². The Balaban J connectivity index is 1.92. The third kappa shape index (κ3) is 3.49. The lowest BCUT2D eigenvalue weighted by molar-refractivity contribution is 0.0953. The fourth-order valence-electron chi connectivity index (χ4n) is 1.75. The van der Waals surface area contributed by atoms with Crippen molar-refractivity contribution in [2.45, 2.75) is 26.3 Å². The highest BCUT2D eigenvalue weighted by Crippen LogP contribution is 2.30. The highest BCUT2D eigenvalue weighted by atomic mass is 32.1. The second-order valence-corrected chi connectivity index (χ2v) is 5.25. The number of amides is 1. The fraction of sp³-hybridized carbons (Fsp3) is 0.636. The zero-order chi connectivity index (χ0) is 12.3. The van der Waals surface area contributed by atoms with Gasteiger partial charge in [0.15, 0.2) is 5.01 Å². The van der Waals surface area contributed by atoms with Crippen LogP contribution in [-0.2, 0) is 6.54 Å². The van der Waals surface area contributed by atoms with Crippen molar-refractivity contribution in [3.05, 3.63) is 16.1 Å². The van der Waals surface area contributed by atoms with Gasteiger partial charge in [-0.05, 0) is 25.3 Å². The van der Waals surface area contributed by atoms with Crippen molar-refractivity contribution in [3.63, 3.8) is 0 Å². The summed E-state index contributed by atoms with van der Waals surface area (Å²) in [6.45, 7) is 5.14. The minimum atomic E-state index is -0.313. The molecule has 0 radical (unpaired) electrons. The number of nitrogens with one attached hydrogen (secondary N) is 1. The van der Waals surface area contributed by atoms with Crippen LogP contribution >= 0.6 is 11.3 Å². The van der Waals surface area contributed by atoms with Crippen LogP contribution < -0.4 is 11.3 Å². The summed E-state index contributed by atoms with van der Waals surface area (Å²) in [6.07, 6.45) is 2.71. The van der Waals surface area contributed by atoms with Crippen molar-refractivity contribution in [2.75, 3.05) is 13.1 Å². The molecule has 1 aliphatic carbocycles. The van der Waals surface area contributed by atoms with E-state index in [9.17, 15) is 4.79 Å². The normalized spacial score (nSPS) is 15.2. The van der Waals surface area contributed by atoms with E-state index in [4.69, 9.17) is 5.84 Å². The van der Waals surface area contributed by atoms with Gasteiger partial charge in [0.05, 0.1) is 5.69 Å². The topological polar surface area (TPSA) is 71.2 Å². The first kappa shape index (κ1) is 12.5. The van der Waals surface area contributed by atoms with E-state index in [1.165, 1.54) is 24.2 Å². The molecule has 0 aromatic carbocycles. The summed E-state index contributed by atoms with van der Waals surface area (Å²) < 4.78 is 0. The van der Waals surface area contributed by atoms with E-state index in [-0.39, 0.29) is 5.91 Å². The van der Waals surface area contributed by atoms with Crippen molar-refractivity contribution >= 4 is 17.2 Å². The van der Waals surface area contributed by atoms with Crippen molar-refractivity contribution in [1.82, 2.24) is 15.3 Å². The molecule has 0 aliphatic heterocycles. The van der Waals surface area contributed by atoms with Crippen LogP contribution in [0.5, 0.6) is 0 Å². The molecule has 5 nitrogen and oxygen atoms in total. The standard InChI is InChI=1S/C11H18N4OS/c1-2-15(5-8-3-4-8)6-9-7-17-11(13-9)10(16)14-12/h7-8H,2-6,12H2,1H3,(H,14,16). The maximum absolute atomic E-state index is 11.3. The Morgan fingerprint density at radius 1 is 1.71 bits per heavy atom. The maximum Gasteiger partial charge on any atom is 0.294 e. The minimum absolute atomic E-state index is 0.313. The molecular weight excluding hydrogens is 236 g/mol. The van der Waals surface area contributed by atoms with Gasteiger partial charge in [0, 0.05) is 18.5 Å². The van der Waals surface area contributed by atoms with Gasteiger partial charge in [0.2, 0.25) is 0 Å². The van der Waals surface area contributed by atoms with Crippen molar-refractivity contribution in [2.24, 2.45) is 11.8 Å². The maximum atomic E-state index is 11.3. The van der Waals surface area contributed by atoms with Gasteiger partial charge in [-0.2, -0.15) is 0 Å². The smallest absolute Gasteiger partial charge is 0.294 e. The number of hydrogen-bond donors (Lipinski definition) is 2. The molecule has 1 fully saturated rings. The number of nitrogen functional groups attached to an aromatic ring is 1. The molecule has 0 bridgehead atoms. The molecule has 0 unspecified atom stereocenters. The Labute approximate surface area is 105 Å². The van der Waals surface area contributed by atoms with Gasteiger partial charge in [-0.3, -0.25) is 15.1 Å². The SMILES string of the molecule is CCN(Cc1csc(C(=O)NN)n1)CC1CC1. The number of hydrogen-bond acceptors (Lipinski definition) is 5. The average Bonchev–Trinajstić information content (AvgIpc) is 3.04. The monoisotopic (exact) mass is 254 g/mol. The highest BCUT2D eigenvalue weighted by Gasteiger charge is 2.24. The molecule has 0 atom stereocenters. The zero-order valence-electron chi connectivity index (χ0n) is 9.98. The summed E-state index contributed by atoms with van der Waals surface area (Å²) >= 11 is 1.34. The van der Waals surface area contributed by atoms with Gasteiger partial charge in [0.25, 0.3) is 5.91 Å². The lowest BCUT2D eigenvalue weighted by Crippen LogP contribution is -2.30. The molecule has 1 aromatic heterocycles. The van der Waals surface area contributed by atoms with E-state index >= 15 is 0 Å². The molecular formula is C11H18N4OS. The molecule has 1 heterocycles. The molecule has 1 aromatic rings. The van der Waals surface area contributed by atoms with Crippen LogP contribution in [0.25, 0.3) is 0 Å². The predicted molar refractivity (Wildman–Crippen MR) is 67.4 cm³/mol. The predicted octanol–water partition coefficient (Wildman–Crippen LogP) is 0.978. The Morgan fingerprint density at radius 2 is 2.47 bits per heavy atom. The van der Waals surface area contributed by atoms with Crippen LogP contribution in [-0.4, -0.2) is 28.9 Å². The van der Waals surface area contributed by atoms with Gasteiger partial charge < -0.3 is 0 Å². The Bertz CT molecular complexity index is 389. The Hall–Kier alpha value is -0.980. The minimum Gasteiger partial charge on any atom is -0.297 e. The number of hydrazine groups is 1. The fourth-order valence-corrected chi connectivity index (χ4v) is 2.46. The second kappa shape index (κ2) is 5.57. The Morgan fingerprint density at radius 3 is 3.06 bits per heavy atom. The van der Waals surface area contributed by atoms with Crippen molar-refractivity contribution in [3.8, 4) is 0 Å². The number of carbonyl (C=O) groups is 1. The molecule has 0 spiro atoms. The van der Waals surface area contributed by atoms with Gasteiger partial charge in [-0.1, -0.05) is 6.92 Å². The zero-order valence-corrected chi connectivity index (χ0v) is 10.8. The quantitative estimate of drug-likeness (QED) is 0.451. The third-order valence-electron chi connectivity index (χ3n) is 2.92. The van der Waals surface area contributed by atoms with Crippen molar-refractivity contribution < 1.29 is 4.79 Å². The molecule has 3 N–H and O–H groups in total. The van der Waals surface area contributed by atoms with E-state index in [0.717, 1.165) is 31.2 Å². The number of thiazole rings is 1. The first-order valence-electron chi connectivity index (χ1n) is 5.90. The van der Waals surface area contributed by atoms with Gasteiger partial charge in [-0.15, -0.1) is 11.3 Å². The van der Waals surface area contributed by atoms with E-state index < -0.39 is 0 Å². The molecule has 1 saturated carbocycles. The van der Waals surface area contributed by atoms with Crippen LogP contribution in [0.2, 0.25) is 0 Å². The van der Waals surface area contributed by atoms with Crippen LogP contribution in [0.4, 0.5) is 0 Å². The molecule has 17 heavy (non-hydrogen) atoms. The lowest BCUT2D eigenvalue weighted by atomic mass is 10.3. The summed E-state index contributed by atoms with van der Waals surface area (Å²) in [5, 5.41) is 2.37. The van der Waals surface area contributed by atoms with E-state index in [1.807, 2.05) is 5.38 Å². The number of rotatable bonds is 6. The summed E-state index contributed by atoms with van der Waals surface area (Å²) in [6, 6.07) is 0. The average molecular weight is 254 g/mol. The second-order valence-electron chi connectivity index (χ2n) is 4.39. The number of aromatic nitrogens is 1. The molecule has 0 saturated heterocycles. The number of carbonyl (C=O) groups excluding carboxylic acids is 1. The lowest BCUT2D eigenvalue weighted by Gasteiger charge is -2.18. The summed E-state index contributed by atoms with van der Waals surface area (Å²) in [5.74, 6) is 5.63. The third-order valence-corrected chi connectivity index (χ3v) is 3.81. The first-order chi connectivity index (χ1) is 8.22. The largest absolute Gasteiger partial charge is 0.297 e. The molecule has 1 aliphatic rings. The Kier molecular flexibility index (Phi) is 4.09. The number of nitrogens with zero attached hydrogens (tertiary/aromatic N) is 2. The van der Waals surface area contributed by atoms with E-state index in [0.29, 0.717) is 5.01 Å². The molecule has 1 amide bonds. The highest BCUT2D eigenvalue weighted by molar-refractivity contribution is 7.11. The molecule has 6 heteroatoms.